The molecule has 1 N–H and O–H groups in total. The van der Waals surface area contributed by atoms with E-state index >= 15 is 0 Å². The number of rotatable bonds is 4. The highest BCUT2D eigenvalue weighted by atomic mass is 35.5. The molecule has 0 saturated heterocycles. The molecule has 1 aliphatic heterocycles. The summed E-state index contributed by atoms with van der Waals surface area (Å²) in [5.74, 6) is 1.01. The van der Waals surface area contributed by atoms with Gasteiger partial charge < -0.3 is 10.1 Å². The molecule has 0 amide bonds. The standard InChI is InChI=1S/C17H17Cl2NO/c1-20-16(10-13-9-14(18)3-4-15(13)19)11-2-5-17-12(8-11)6-7-21-17/h2-5,8-9,16,20H,6-7,10H2,1H3. The van der Waals surface area contributed by atoms with Gasteiger partial charge in [0.15, 0.2) is 0 Å². The minimum Gasteiger partial charge on any atom is -0.493 e. The Balaban J connectivity index is 1.86. The van der Waals surface area contributed by atoms with Crippen molar-refractivity contribution in [2.45, 2.75) is 18.9 Å². The van der Waals surface area contributed by atoms with Gasteiger partial charge in [-0.15, -0.1) is 0 Å². The van der Waals surface area contributed by atoms with Gasteiger partial charge in [-0.3, -0.25) is 0 Å². The molecule has 0 bridgehead atoms. The largest absolute Gasteiger partial charge is 0.493 e. The molecule has 2 aromatic rings. The Morgan fingerprint density at radius 1 is 1.19 bits per heavy atom. The zero-order valence-electron chi connectivity index (χ0n) is 11.8. The van der Waals surface area contributed by atoms with Crippen LogP contribution in [0.3, 0.4) is 0 Å². The van der Waals surface area contributed by atoms with E-state index in [-0.39, 0.29) is 6.04 Å². The van der Waals surface area contributed by atoms with E-state index in [1.807, 2.05) is 25.2 Å². The number of fused-ring (bicyclic) bond motifs is 1. The molecule has 21 heavy (non-hydrogen) atoms. The summed E-state index contributed by atoms with van der Waals surface area (Å²) in [6.07, 6.45) is 1.78. The van der Waals surface area contributed by atoms with Crippen LogP contribution < -0.4 is 10.1 Å². The zero-order chi connectivity index (χ0) is 14.8. The van der Waals surface area contributed by atoms with Crippen LogP contribution in [0.5, 0.6) is 5.75 Å². The molecule has 110 valence electrons. The van der Waals surface area contributed by atoms with Gasteiger partial charge in [-0.2, -0.15) is 0 Å². The predicted octanol–water partition coefficient (Wildman–Crippen LogP) is 4.43. The molecule has 3 rings (SSSR count). The number of hydrogen-bond donors (Lipinski definition) is 1. The Hall–Kier alpha value is -1.22. The van der Waals surface area contributed by atoms with Crippen molar-refractivity contribution in [2.75, 3.05) is 13.7 Å². The van der Waals surface area contributed by atoms with Crippen molar-refractivity contribution in [3.05, 3.63) is 63.1 Å². The summed E-state index contributed by atoms with van der Waals surface area (Å²) in [6, 6.07) is 12.2. The number of ether oxygens (including phenoxy) is 1. The molecule has 0 aromatic heterocycles. The molecular weight excluding hydrogens is 305 g/mol. The summed E-state index contributed by atoms with van der Waals surface area (Å²) >= 11 is 12.3. The van der Waals surface area contributed by atoms with Gasteiger partial charge >= 0.3 is 0 Å². The van der Waals surface area contributed by atoms with E-state index in [1.54, 1.807) is 0 Å². The van der Waals surface area contributed by atoms with Crippen LogP contribution in [0.2, 0.25) is 10.0 Å². The summed E-state index contributed by atoms with van der Waals surface area (Å²) in [6.45, 7) is 0.781. The van der Waals surface area contributed by atoms with E-state index in [2.05, 4.69) is 23.5 Å². The smallest absolute Gasteiger partial charge is 0.122 e. The number of benzene rings is 2. The van der Waals surface area contributed by atoms with Gasteiger partial charge in [-0.1, -0.05) is 35.3 Å². The first-order valence-corrected chi connectivity index (χ1v) is 7.80. The van der Waals surface area contributed by atoms with Crippen LogP contribution in [-0.2, 0) is 12.8 Å². The minimum atomic E-state index is 0.201. The van der Waals surface area contributed by atoms with Crippen LogP contribution in [0, 0.1) is 0 Å². The lowest BCUT2D eigenvalue weighted by atomic mass is 9.97. The first-order chi connectivity index (χ1) is 10.2. The molecule has 2 aromatic carbocycles. The van der Waals surface area contributed by atoms with Crippen LogP contribution in [0.15, 0.2) is 36.4 Å². The van der Waals surface area contributed by atoms with Gasteiger partial charge in [-0.05, 0) is 54.4 Å². The van der Waals surface area contributed by atoms with Crippen molar-refractivity contribution < 1.29 is 4.74 Å². The van der Waals surface area contributed by atoms with E-state index in [4.69, 9.17) is 27.9 Å². The summed E-state index contributed by atoms with van der Waals surface area (Å²) in [5, 5.41) is 4.83. The fourth-order valence-corrected chi connectivity index (χ4v) is 3.12. The SMILES string of the molecule is CNC(Cc1cc(Cl)ccc1Cl)c1ccc2c(c1)CCO2. The maximum atomic E-state index is 6.27. The molecule has 4 heteroatoms. The van der Waals surface area contributed by atoms with Gasteiger partial charge in [0, 0.05) is 22.5 Å². The van der Waals surface area contributed by atoms with Gasteiger partial charge in [0.2, 0.25) is 0 Å². The normalized spacial score (nSPS) is 14.6. The van der Waals surface area contributed by atoms with Gasteiger partial charge in [0.25, 0.3) is 0 Å². The molecule has 1 atom stereocenters. The van der Waals surface area contributed by atoms with E-state index in [0.717, 1.165) is 35.8 Å². The summed E-state index contributed by atoms with van der Waals surface area (Å²) in [4.78, 5) is 0. The van der Waals surface area contributed by atoms with E-state index < -0.39 is 0 Å². The van der Waals surface area contributed by atoms with Crippen LogP contribution in [0.1, 0.15) is 22.7 Å². The Bertz CT molecular complexity index is 657. The molecule has 0 saturated carbocycles. The third kappa shape index (κ3) is 3.18. The van der Waals surface area contributed by atoms with Crippen molar-refractivity contribution >= 4 is 23.2 Å². The molecular formula is C17H17Cl2NO. The second kappa shape index (κ2) is 6.27. The lowest BCUT2D eigenvalue weighted by Gasteiger charge is -2.18. The molecule has 2 nitrogen and oxygen atoms in total. The van der Waals surface area contributed by atoms with Gasteiger partial charge in [0.05, 0.1) is 6.61 Å². The highest BCUT2D eigenvalue weighted by Gasteiger charge is 2.17. The fourth-order valence-electron chi connectivity index (χ4n) is 2.73. The van der Waals surface area contributed by atoms with Crippen LogP contribution in [0.4, 0.5) is 0 Å². The summed E-state index contributed by atoms with van der Waals surface area (Å²) < 4.78 is 5.56. The van der Waals surface area contributed by atoms with E-state index in [1.165, 1.54) is 11.1 Å². The highest BCUT2D eigenvalue weighted by molar-refractivity contribution is 6.33. The molecule has 0 aliphatic carbocycles. The second-order valence-corrected chi connectivity index (χ2v) is 6.09. The summed E-state index contributed by atoms with van der Waals surface area (Å²) in [5.41, 5.74) is 3.59. The van der Waals surface area contributed by atoms with Crippen molar-refractivity contribution in [2.24, 2.45) is 0 Å². The molecule has 1 heterocycles. The maximum absolute atomic E-state index is 6.27. The number of nitrogens with one attached hydrogen (secondary N) is 1. The van der Waals surface area contributed by atoms with Crippen molar-refractivity contribution in [3.8, 4) is 5.75 Å². The van der Waals surface area contributed by atoms with Gasteiger partial charge in [-0.25, -0.2) is 0 Å². The van der Waals surface area contributed by atoms with Crippen LogP contribution in [-0.4, -0.2) is 13.7 Å². The monoisotopic (exact) mass is 321 g/mol. The molecule has 0 spiro atoms. The average molecular weight is 322 g/mol. The van der Waals surface area contributed by atoms with Crippen molar-refractivity contribution in [1.29, 1.82) is 0 Å². The first kappa shape index (κ1) is 14.7. The lowest BCUT2D eigenvalue weighted by molar-refractivity contribution is 0.356. The quantitative estimate of drug-likeness (QED) is 0.899. The first-order valence-electron chi connectivity index (χ1n) is 7.04. The van der Waals surface area contributed by atoms with Crippen molar-refractivity contribution in [3.63, 3.8) is 0 Å². The predicted molar refractivity (Wildman–Crippen MR) is 87.6 cm³/mol. The minimum absolute atomic E-state index is 0.201. The Kier molecular flexibility index (Phi) is 4.39. The molecule has 0 fully saturated rings. The number of likely N-dealkylation sites (N-methyl/N-ethyl adjacent to an activating group) is 1. The number of hydrogen-bond acceptors (Lipinski definition) is 2. The fraction of sp³-hybridized carbons (Fsp3) is 0.294. The molecule has 0 radical (unpaired) electrons. The van der Waals surface area contributed by atoms with E-state index in [9.17, 15) is 0 Å². The average Bonchev–Trinajstić information content (AvgIpc) is 2.95. The topological polar surface area (TPSA) is 21.3 Å². The third-order valence-electron chi connectivity index (χ3n) is 3.90. The Labute approximate surface area is 135 Å². The zero-order valence-corrected chi connectivity index (χ0v) is 13.3. The summed E-state index contributed by atoms with van der Waals surface area (Å²) in [7, 11) is 1.97. The van der Waals surface area contributed by atoms with Crippen molar-refractivity contribution in [1.82, 2.24) is 5.32 Å². The Morgan fingerprint density at radius 3 is 2.86 bits per heavy atom. The highest BCUT2D eigenvalue weighted by Crippen LogP contribution is 2.31. The number of halogens is 2. The molecule has 1 unspecified atom stereocenters. The Morgan fingerprint density at radius 2 is 2.05 bits per heavy atom. The third-order valence-corrected chi connectivity index (χ3v) is 4.50. The lowest BCUT2D eigenvalue weighted by Crippen LogP contribution is -2.19. The van der Waals surface area contributed by atoms with Crippen LogP contribution >= 0.6 is 23.2 Å². The maximum Gasteiger partial charge on any atom is 0.122 e. The van der Waals surface area contributed by atoms with E-state index in [0.29, 0.717) is 5.02 Å². The second-order valence-electron chi connectivity index (χ2n) is 5.25. The molecule has 1 aliphatic rings. The van der Waals surface area contributed by atoms with Gasteiger partial charge in [0.1, 0.15) is 5.75 Å². The van der Waals surface area contributed by atoms with Crippen LogP contribution in [0.25, 0.3) is 0 Å².